The molecule has 0 spiro atoms. The molecule has 1 aromatic carbocycles. The van der Waals surface area contributed by atoms with Crippen molar-refractivity contribution in [3.05, 3.63) is 36.7 Å². The predicted octanol–water partition coefficient (Wildman–Crippen LogP) is 2.72. The van der Waals surface area contributed by atoms with Crippen LogP contribution in [0, 0.1) is 12.3 Å². The number of ether oxygens (including phenoxy) is 2. The van der Waals surface area contributed by atoms with Crippen LogP contribution in [0.25, 0.3) is 11.2 Å². The standard InChI is InChI=1S/C27H33FN7O7P/c1-5-27(28)21(36)19(41-25(27)35-14-30-20-22(31-17-11-12-17)32-26(29)33-23(20)35)13-39-43(38,42-18-9-7-6-8-10-18)34-16(4)24(37)40-15(2)3/h1,6-10,14-17,19,21,25,36H,11-13H2,2-4H3,(H,34,38)(H3,29,31,32,33)/t16-,19+,21+,25+,27+,43+/m0/s1. The van der Waals surface area contributed by atoms with Crippen molar-refractivity contribution in [2.24, 2.45) is 0 Å². The number of benzene rings is 1. The van der Waals surface area contributed by atoms with Crippen LogP contribution in [0.3, 0.4) is 0 Å². The molecule has 0 amide bonds. The van der Waals surface area contributed by atoms with E-state index in [-0.39, 0.29) is 23.4 Å². The van der Waals surface area contributed by atoms with Crippen LogP contribution >= 0.6 is 7.75 Å². The monoisotopic (exact) mass is 617 g/mol. The van der Waals surface area contributed by atoms with Gasteiger partial charge in [-0.3, -0.25) is 13.9 Å². The van der Waals surface area contributed by atoms with Gasteiger partial charge in [0, 0.05) is 6.04 Å². The number of anilines is 2. The Morgan fingerprint density at radius 1 is 1.33 bits per heavy atom. The van der Waals surface area contributed by atoms with Gasteiger partial charge in [0.2, 0.25) is 11.6 Å². The predicted molar refractivity (Wildman–Crippen MR) is 153 cm³/mol. The van der Waals surface area contributed by atoms with Gasteiger partial charge in [-0.05, 0) is 45.7 Å². The molecule has 230 valence electrons. The van der Waals surface area contributed by atoms with E-state index in [0.717, 1.165) is 12.8 Å². The largest absolute Gasteiger partial charge is 0.462 e. The second-order valence-electron chi connectivity index (χ2n) is 10.6. The summed E-state index contributed by atoms with van der Waals surface area (Å²) >= 11 is 0. The molecule has 0 bridgehead atoms. The molecule has 2 aliphatic rings. The SMILES string of the molecule is C#C[C@@]1(F)[C@H](O)[C@@H](CO[P@](=O)(N[C@@H](C)C(=O)OC(C)C)Oc2ccccc2)O[C@H]1n1cnc2c(NC3CC3)nc(N)nc21. The minimum Gasteiger partial charge on any atom is -0.462 e. The van der Waals surface area contributed by atoms with E-state index in [1.54, 1.807) is 32.0 Å². The normalized spacial score (nSPS) is 25.7. The Hall–Kier alpha value is -3.80. The topological polar surface area (TPSA) is 185 Å². The maximum atomic E-state index is 16.3. The third-order valence-electron chi connectivity index (χ3n) is 6.71. The number of nitrogens with zero attached hydrogens (tertiary/aromatic N) is 4. The summed E-state index contributed by atoms with van der Waals surface area (Å²) in [7, 11) is -4.34. The molecule has 1 saturated carbocycles. The number of esters is 1. The second kappa shape index (κ2) is 12.1. The van der Waals surface area contributed by atoms with Gasteiger partial charge in [-0.1, -0.05) is 24.1 Å². The Labute approximate surface area is 247 Å². The number of carbonyl (C=O) groups excluding carboxylic acids is 1. The first-order valence-corrected chi connectivity index (χ1v) is 15.2. The number of imidazole rings is 1. The van der Waals surface area contributed by atoms with Crippen molar-refractivity contribution in [2.75, 3.05) is 17.7 Å². The lowest BCUT2D eigenvalue weighted by Gasteiger charge is -2.25. The average Bonchev–Trinajstić information content (AvgIpc) is 3.62. The third-order valence-corrected chi connectivity index (χ3v) is 8.35. The lowest BCUT2D eigenvalue weighted by Crippen LogP contribution is -2.42. The molecule has 0 radical (unpaired) electrons. The molecule has 0 unspecified atom stereocenters. The number of alkyl halides is 1. The van der Waals surface area contributed by atoms with Crippen molar-refractivity contribution in [3.8, 4) is 18.1 Å². The summed E-state index contributed by atoms with van der Waals surface area (Å²) in [5, 5.41) is 16.7. The number of terminal acetylenes is 1. The van der Waals surface area contributed by atoms with E-state index in [9.17, 15) is 14.5 Å². The Balaban J connectivity index is 1.39. The smallest absolute Gasteiger partial charge is 0.459 e. The highest BCUT2D eigenvalue weighted by molar-refractivity contribution is 7.52. The van der Waals surface area contributed by atoms with Gasteiger partial charge in [0.15, 0.2) is 23.2 Å². The lowest BCUT2D eigenvalue weighted by atomic mass is 9.97. The fourth-order valence-electron chi connectivity index (χ4n) is 4.44. The summed E-state index contributed by atoms with van der Waals surface area (Å²) in [4.78, 5) is 25.1. The number of para-hydroxylation sites is 1. The minimum absolute atomic E-state index is 0.0869. The number of rotatable bonds is 12. The maximum absolute atomic E-state index is 16.3. The summed E-state index contributed by atoms with van der Waals surface area (Å²) in [6, 6.07) is 7.17. The molecule has 43 heavy (non-hydrogen) atoms. The number of fused-ring (bicyclic) bond motifs is 1. The number of aliphatic hydroxyl groups is 1. The van der Waals surface area contributed by atoms with Crippen molar-refractivity contribution in [2.45, 2.75) is 75.9 Å². The number of aromatic nitrogens is 4. The molecule has 2 aromatic heterocycles. The molecule has 3 aromatic rings. The first kappa shape index (κ1) is 30.7. The van der Waals surface area contributed by atoms with Crippen LogP contribution in [-0.4, -0.2) is 73.3 Å². The van der Waals surface area contributed by atoms with Crippen molar-refractivity contribution < 1.29 is 37.4 Å². The Kier molecular flexibility index (Phi) is 8.60. The number of nitrogen functional groups attached to an aromatic ring is 1. The molecule has 16 heteroatoms. The van der Waals surface area contributed by atoms with E-state index in [0.29, 0.717) is 11.3 Å². The highest BCUT2D eigenvalue weighted by atomic mass is 31.2. The molecule has 1 aliphatic carbocycles. The third kappa shape index (κ3) is 6.58. The molecule has 5 N–H and O–H groups in total. The van der Waals surface area contributed by atoms with E-state index < -0.39 is 56.6 Å². The van der Waals surface area contributed by atoms with Crippen LogP contribution < -0.4 is 20.7 Å². The summed E-state index contributed by atoms with van der Waals surface area (Å²) in [6.45, 7) is 4.10. The first-order chi connectivity index (χ1) is 20.4. The van der Waals surface area contributed by atoms with Crippen molar-refractivity contribution in [3.63, 3.8) is 0 Å². The van der Waals surface area contributed by atoms with Gasteiger partial charge < -0.3 is 30.2 Å². The molecule has 1 aliphatic heterocycles. The van der Waals surface area contributed by atoms with Gasteiger partial charge in [-0.2, -0.15) is 15.1 Å². The van der Waals surface area contributed by atoms with Crippen molar-refractivity contribution in [1.82, 2.24) is 24.6 Å². The fraction of sp³-hybridized carbons (Fsp3) is 0.481. The average molecular weight is 618 g/mol. The van der Waals surface area contributed by atoms with Crippen LogP contribution in [0.2, 0.25) is 0 Å². The first-order valence-electron chi connectivity index (χ1n) is 13.7. The van der Waals surface area contributed by atoms with Gasteiger partial charge in [-0.15, -0.1) is 6.42 Å². The van der Waals surface area contributed by atoms with Gasteiger partial charge in [0.25, 0.3) is 0 Å². The highest BCUT2D eigenvalue weighted by Crippen LogP contribution is 2.48. The summed E-state index contributed by atoms with van der Waals surface area (Å²) in [5.41, 5.74) is 3.58. The van der Waals surface area contributed by atoms with E-state index in [1.807, 2.05) is 5.92 Å². The number of hydrogen-bond donors (Lipinski definition) is 4. The zero-order valence-corrected chi connectivity index (χ0v) is 24.6. The zero-order chi connectivity index (χ0) is 30.9. The van der Waals surface area contributed by atoms with Gasteiger partial charge in [0.05, 0.1) is 19.0 Å². The Morgan fingerprint density at radius 3 is 2.70 bits per heavy atom. The van der Waals surface area contributed by atoms with E-state index in [2.05, 4.69) is 25.4 Å². The molecule has 3 heterocycles. The molecule has 2 fully saturated rings. The van der Waals surface area contributed by atoms with E-state index >= 15 is 4.39 Å². The number of hydrogen-bond acceptors (Lipinski definition) is 12. The molecule has 14 nitrogen and oxygen atoms in total. The molecular weight excluding hydrogens is 584 g/mol. The highest BCUT2D eigenvalue weighted by Gasteiger charge is 2.58. The van der Waals surface area contributed by atoms with Gasteiger partial charge in [0.1, 0.15) is 24.0 Å². The van der Waals surface area contributed by atoms with Crippen molar-refractivity contribution in [1.29, 1.82) is 0 Å². The fourth-order valence-corrected chi connectivity index (χ4v) is 5.95. The number of nitrogens with one attached hydrogen (secondary N) is 2. The summed E-state index contributed by atoms with van der Waals surface area (Å²) in [6.07, 6.45) is 3.34. The van der Waals surface area contributed by atoms with Gasteiger partial charge >= 0.3 is 13.7 Å². The van der Waals surface area contributed by atoms with Crippen LogP contribution in [-0.2, 0) is 23.4 Å². The maximum Gasteiger partial charge on any atom is 0.459 e. The number of nitrogens with two attached hydrogens (primary N) is 1. The second-order valence-corrected chi connectivity index (χ2v) is 12.3. The van der Waals surface area contributed by atoms with Crippen molar-refractivity contribution >= 4 is 36.6 Å². The molecule has 1 saturated heterocycles. The Bertz CT molecular complexity index is 1560. The molecular formula is C27H33FN7O7P. The summed E-state index contributed by atoms with van der Waals surface area (Å²) < 4.78 is 53.6. The molecule has 6 atom stereocenters. The number of carbonyl (C=O) groups is 1. The zero-order valence-electron chi connectivity index (χ0n) is 23.7. The van der Waals surface area contributed by atoms with Gasteiger partial charge in [-0.25, -0.2) is 13.9 Å². The minimum atomic E-state index is -4.34. The van der Waals surface area contributed by atoms with Crippen LogP contribution in [0.1, 0.15) is 39.8 Å². The number of aliphatic hydroxyl groups excluding tert-OH is 1. The van der Waals surface area contributed by atoms with Crippen LogP contribution in [0.15, 0.2) is 36.7 Å². The van der Waals surface area contributed by atoms with E-state index in [4.69, 9.17) is 30.7 Å². The quantitative estimate of drug-likeness (QED) is 0.132. The Morgan fingerprint density at radius 2 is 2.05 bits per heavy atom. The summed E-state index contributed by atoms with van der Waals surface area (Å²) in [5.74, 6) is 1.73. The lowest BCUT2D eigenvalue weighted by molar-refractivity contribution is -0.149. The van der Waals surface area contributed by atoms with Crippen LogP contribution in [0.4, 0.5) is 16.2 Å². The van der Waals surface area contributed by atoms with Crippen LogP contribution in [0.5, 0.6) is 5.75 Å². The number of halogens is 1. The van der Waals surface area contributed by atoms with E-state index in [1.165, 1.54) is 30.0 Å². The molecule has 5 rings (SSSR count).